The van der Waals surface area contributed by atoms with Gasteiger partial charge in [0.1, 0.15) is 0 Å². The van der Waals surface area contributed by atoms with Crippen LogP contribution >= 0.6 is 57.6 Å². The Labute approximate surface area is 232 Å². The van der Waals surface area contributed by atoms with Gasteiger partial charge in [0.25, 0.3) is 5.91 Å². The smallest absolute Gasteiger partial charge is 0.253 e. The van der Waals surface area contributed by atoms with E-state index in [1.54, 1.807) is 22.8 Å². The molecule has 1 aromatic heterocycles. The van der Waals surface area contributed by atoms with Crippen molar-refractivity contribution in [2.75, 3.05) is 11.1 Å². The number of hydrogen-bond acceptors (Lipinski definition) is 5. The highest BCUT2D eigenvalue weighted by atomic mass is 127. The summed E-state index contributed by atoms with van der Waals surface area (Å²) in [6.45, 7) is 8.53. The lowest BCUT2D eigenvalue weighted by Gasteiger charge is -2.14. The highest BCUT2D eigenvalue weighted by Crippen LogP contribution is 2.27. The third kappa shape index (κ3) is 7.45. The first kappa shape index (κ1) is 27.5. The molecule has 1 heterocycles. The van der Waals surface area contributed by atoms with Gasteiger partial charge in [-0.3, -0.25) is 9.59 Å². The number of anilines is 1. The van der Waals surface area contributed by atoms with Gasteiger partial charge in [-0.25, -0.2) is 0 Å². The van der Waals surface area contributed by atoms with E-state index in [2.05, 4.69) is 69.9 Å². The molecule has 0 fully saturated rings. The number of rotatable bonds is 10. The largest absolute Gasteiger partial charge is 0.345 e. The number of hydrogen-bond donors (Lipinski definition) is 2. The van der Waals surface area contributed by atoms with Crippen molar-refractivity contribution >= 4 is 75.1 Å². The molecule has 0 aliphatic rings. The van der Waals surface area contributed by atoms with Gasteiger partial charge >= 0.3 is 0 Å². The molecule has 0 radical (unpaired) electrons. The SMILES string of the molecule is C=CCn1c(CNC(=O)c2ccc(Cl)cc2Cl)nnc1SCC(=O)Nc1ccc(I)cc1C(C)C. The first-order chi connectivity index (χ1) is 16.7. The minimum absolute atomic E-state index is 0.131. The van der Waals surface area contributed by atoms with Gasteiger partial charge in [0.2, 0.25) is 5.91 Å². The highest BCUT2D eigenvalue weighted by molar-refractivity contribution is 14.1. The fraction of sp³-hybridized carbons (Fsp3) is 0.250. The number of benzene rings is 2. The number of carbonyl (C=O) groups excluding carboxylic acids is 2. The van der Waals surface area contributed by atoms with E-state index in [4.69, 9.17) is 23.2 Å². The highest BCUT2D eigenvalue weighted by Gasteiger charge is 2.17. The maximum absolute atomic E-state index is 12.7. The van der Waals surface area contributed by atoms with Crippen molar-refractivity contribution in [1.82, 2.24) is 20.1 Å². The molecule has 0 spiro atoms. The van der Waals surface area contributed by atoms with Gasteiger partial charge in [-0.2, -0.15) is 0 Å². The molecule has 0 aliphatic heterocycles. The molecule has 0 aliphatic carbocycles. The third-order valence-corrected chi connectivity index (χ3v) is 7.12. The number of thioether (sulfide) groups is 1. The number of halogens is 3. The third-order valence-electron chi connectivity index (χ3n) is 4.93. The molecule has 2 aromatic carbocycles. The van der Waals surface area contributed by atoms with Crippen LogP contribution in [0.25, 0.3) is 0 Å². The predicted molar refractivity (Wildman–Crippen MR) is 150 cm³/mol. The van der Waals surface area contributed by atoms with Crippen molar-refractivity contribution in [2.45, 2.75) is 38.0 Å². The molecule has 3 rings (SSSR count). The van der Waals surface area contributed by atoms with Gasteiger partial charge in [0, 0.05) is 20.8 Å². The standard InChI is InChI=1S/C24H24Cl2IN5O2S/c1-4-9-32-21(12-28-23(34)17-7-5-15(25)10-19(17)26)30-31-24(32)35-13-22(33)29-20-8-6-16(27)11-18(20)14(2)3/h4-8,10-11,14H,1,9,12-13H2,2-3H3,(H,28,34)(H,29,33). The molecule has 7 nitrogen and oxygen atoms in total. The Morgan fingerprint density at radius 2 is 1.97 bits per heavy atom. The maximum atomic E-state index is 12.7. The van der Waals surface area contributed by atoms with Crippen LogP contribution < -0.4 is 10.6 Å². The Kier molecular flexibility index (Phi) is 10.0. The molecule has 0 saturated heterocycles. The van der Waals surface area contributed by atoms with Crippen molar-refractivity contribution in [3.8, 4) is 0 Å². The fourth-order valence-electron chi connectivity index (χ4n) is 3.24. The zero-order valence-electron chi connectivity index (χ0n) is 19.1. The molecule has 35 heavy (non-hydrogen) atoms. The zero-order valence-corrected chi connectivity index (χ0v) is 23.6. The normalized spacial score (nSPS) is 10.9. The predicted octanol–water partition coefficient (Wildman–Crippen LogP) is 6.16. The molecule has 0 atom stereocenters. The van der Waals surface area contributed by atoms with Gasteiger partial charge < -0.3 is 15.2 Å². The van der Waals surface area contributed by atoms with Crippen molar-refractivity contribution in [3.63, 3.8) is 0 Å². The van der Waals surface area contributed by atoms with Gasteiger partial charge in [-0.15, -0.1) is 16.8 Å². The molecule has 11 heteroatoms. The Hall–Kier alpha value is -2.08. The second-order valence-corrected chi connectivity index (χ2v) is 10.9. The monoisotopic (exact) mass is 643 g/mol. The molecular weight excluding hydrogens is 620 g/mol. The Morgan fingerprint density at radius 1 is 1.20 bits per heavy atom. The summed E-state index contributed by atoms with van der Waals surface area (Å²) < 4.78 is 2.92. The quantitative estimate of drug-likeness (QED) is 0.157. The summed E-state index contributed by atoms with van der Waals surface area (Å²) in [7, 11) is 0. The summed E-state index contributed by atoms with van der Waals surface area (Å²) in [5, 5.41) is 15.4. The summed E-state index contributed by atoms with van der Waals surface area (Å²) in [6, 6.07) is 10.6. The summed E-state index contributed by atoms with van der Waals surface area (Å²) in [6.07, 6.45) is 1.70. The maximum Gasteiger partial charge on any atom is 0.253 e. The molecule has 184 valence electrons. The number of nitrogens with one attached hydrogen (secondary N) is 2. The fourth-order valence-corrected chi connectivity index (χ4v) is 5.01. The number of nitrogens with zero attached hydrogens (tertiary/aromatic N) is 3. The lowest BCUT2D eigenvalue weighted by atomic mass is 10.0. The van der Waals surface area contributed by atoms with Crippen LogP contribution in [0.5, 0.6) is 0 Å². The summed E-state index contributed by atoms with van der Waals surface area (Å²) in [5.41, 5.74) is 2.21. The number of carbonyl (C=O) groups is 2. The first-order valence-corrected chi connectivity index (χ1v) is 13.5. The first-order valence-electron chi connectivity index (χ1n) is 10.7. The van der Waals surface area contributed by atoms with Crippen LogP contribution in [0.3, 0.4) is 0 Å². The Bertz CT molecular complexity index is 1250. The molecule has 0 unspecified atom stereocenters. The number of aromatic nitrogens is 3. The van der Waals surface area contributed by atoms with E-state index in [0.717, 1.165) is 14.8 Å². The van der Waals surface area contributed by atoms with Gasteiger partial charge in [-0.1, -0.05) is 54.9 Å². The van der Waals surface area contributed by atoms with E-state index in [1.807, 2.05) is 12.1 Å². The number of amides is 2. The van der Waals surface area contributed by atoms with Crippen LogP contribution in [-0.2, 0) is 17.9 Å². The second kappa shape index (κ2) is 12.8. The number of allylic oxidation sites excluding steroid dienone is 1. The van der Waals surface area contributed by atoms with Crippen LogP contribution in [0.4, 0.5) is 5.69 Å². The lowest BCUT2D eigenvalue weighted by molar-refractivity contribution is -0.113. The van der Waals surface area contributed by atoms with Crippen molar-refractivity contribution in [1.29, 1.82) is 0 Å². The molecule has 2 N–H and O–H groups in total. The van der Waals surface area contributed by atoms with Crippen LogP contribution in [0.15, 0.2) is 54.2 Å². The Morgan fingerprint density at radius 3 is 2.66 bits per heavy atom. The topological polar surface area (TPSA) is 88.9 Å². The zero-order chi connectivity index (χ0) is 25.5. The average molecular weight is 644 g/mol. The van der Waals surface area contributed by atoms with Crippen molar-refractivity contribution in [2.24, 2.45) is 0 Å². The molecule has 0 bridgehead atoms. The van der Waals surface area contributed by atoms with Crippen molar-refractivity contribution < 1.29 is 9.59 Å². The molecular formula is C24H24Cl2IN5O2S. The van der Waals surface area contributed by atoms with Gasteiger partial charge in [-0.05, 0) is 70.5 Å². The van der Waals surface area contributed by atoms with Crippen LogP contribution in [-0.4, -0.2) is 32.3 Å². The van der Waals surface area contributed by atoms with E-state index in [1.165, 1.54) is 17.8 Å². The summed E-state index contributed by atoms with van der Waals surface area (Å²) in [4.78, 5) is 25.2. The van der Waals surface area contributed by atoms with Crippen molar-refractivity contribution in [3.05, 3.63) is 79.6 Å². The minimum atomic E-state index is -0.355. The van der Waals surface area contributed by atoms with Crippen LogP contribution in [0, 0.1) is 3.57 Å². The Balaban J connectivity index is 1.65. The summed E-state index contributed by atoms with van der Waals surface area (Å²) in [5.74, 6) is 0.478. The van der Waals surface area contributed by atoms with Gasteiger partial charge in [0.05, 0.1) is 22.9 Å². The lowest BCUT2D eigenvalue weighted by Crippen LogP contribution is -2.25. The van der Waals surface area contributed by atoms with Crippen LogP contribution in [0.2, 0.25) is 10.0 Å². The average Bonchev–Trinajstić information content (AvgIpc) is 3.19. The van der Waals surface area contributed by atoms with E-state index >= 15 is 0 Å². The van der Waals surface area contributed by atoms with E-state index < -0.39 is 0 Å². The molecule has 3 aromatic rings. The van der Waals surface area contributed by atoms with Gasteiger partial charge in [0.15, 0.2) is 11.0 Å². The van der Waals surface area contributed by atoms with E-state index in [-0.39, 0.29) is 35.1 Å². The second-order valence-electron chi connectivity index (χ2n) is 7.83. The van der Waals surface area contributed by atoms with E-state index in [0.29, 0.717) is 28.1 Å². The molecule has 2 amide bonds. The van der Waals surface area contributed by atoms with Crippen LogP contribution in [0.1, 0.15) is 41.5 Å². The minimum Gasteiger partial charge on any atom is -0.345 e. The summed E-state index contributed by atoms with van der Waals surface area (Å²) >= 11 is 15.6. The van der Waals surface area contributed by atoms with E-state index in [9.17, 15) is 9.59 Å². The molecule has 0 saturated carbocycles.